The van der Waals surface area contributed by atoms with Gasteiger partial charge in [0.2, 0.25) is 0 Å². The lowest BCUT2D eigenvalue weighted by molar-refractivity contribution is -0.122. The molecule has 0 bridgehead atoms. The van der Waals surface area contributed by atoms with E-state index >= 15 is 0 Å². The lowest BCUT2D eigenvalue weighted by atomic mass is 10.2. The largest absolute Gasteiger partial charge is 0.409 e. The van der Waals surface area contributed by atoms with Crippen molar-refractivity contribution in [1.29, 1.82) is 0 Å². The summed E-state index contributed by atoms with van der Waals surface area (Å²) in [4.78, 5) is 11.3. The summed E-state index contributed by atoms with van der Waals surface area (Å²) in [6.45, 7) is 1.27. The van der Waals surface area contributed by atoms with Crippen molar-refractivity contribution in [2.24, 2.45) is 5.73 Å². The number of carbonyl (C=O) groups excluding carboxylic acids is 1. The van der Waals surface area contributed by atoms with E-state index in [0.717, 1.165) is 0 Å². The molecule has 0 saturated carbocycles. The van der Waals surface area contributed by atoms with Crippen LogP contribution in [-0.2, 0) is 15.1 Å². The summed E-state index contributed by atoms with van der Waals surface area (Å²) in [5, 5.41) is 9.06. The van der Waals surface area contributed by atoms with Crippen LogP contribution in [0, 0.1) is 0 Å². The van der Waals surface area contributed by atoms with Gasteiger partial charge in [-0.15, -0.1) is 0 Å². The Morgan fingerprint density at radius 3 is 2.44 bits per heavy atom. The maximum atomic E-state index is 11.4. The van der Waals surface area contributed by atoms with E-state index in [2.05, 4.69) is 4.18 Å². The fraction of sp³-hybridized carbons (Fsp3) is 0.300. The van der Waals surface area contributed by atoms with Gasteiger partial charge in [0, 0.05) is 0 Å². The van der Waals surface area contributed by atoms with Crippen LogP contribution in [0.2, 0.25) is 0 Å². The van der Waals surface area contributed by atoms with Crippen molar-refractivity contribution >= 4 is 16.2 Å². The van der Waals surface area contributed by atoms with Gasteiger partial charge in [0.05, 0.1) is 6.10 Å². The van der Waals surface area contributed by atoms with Crippen LogP contribution in [0.5, 0.6) is 5.75 Å². The Balaban J connectivity index is 2.69. The van der Waals surface area contributed by atoms with Crippen molar-refractivity contribution in [3.63, 3.8) is 0 Å². The number of hydrogen-bond donors (Lipinski definition) is 3. The fourth-order valence-corrected chi connectivity index (χ4v) is 1.82. The highest BCUT2D eigenvalue weighted by atomic mass is 32.2. The number of carbonyl (C=O) groups is 1. The van der Waals surface area contributed by atoms with Crippen LogP contribution >= 0.6 is 0 Å². The highest BCUT2D eigenvalue weighted by Gasteiger charge is 2.24. The topological polar surface area (TPSA) is 119 Å². The Morgan fingerprint density at radius 1 is 1.39 bits per heavy atom. The van der Waals surface area contributed by atoms with Crippen LogP contribution in [0.15, 0.2) is 30.3 Å². The number of nitrogens with one attached hydrogen (secondary N) is 1. The van der Waals surface area contributed by atoms with Crippen LogP contribution in [0.4, 0.5) is 0 Å². The maximum absolute atomic E-state index is 11.4. The molecule has 0 aliphatic heterocycles. The first-order valence-corrected chi connectivity index (χ1v) is 6.47. The molecule has 0 fully saturated rings. The van der Waals surface area contributed by atoms with Gasteiger partial charge < -0.3 is 15.0 Å². The molecule has 0 radical (unpaired) electrons. The normalized spacial score (nSPS) is 14.6. The summed E-state index contributed by atoms with van der Waals surface area (Å²) in [6, 6.07) is 6.32. The quantitative estimate of drug-likeness (QED) is 0.642. The zero-order chi connectivity index (χ0) is 13.8. The van der Waals surface area contributed by atoms with Crippen LogP contribution < -0.4 is 14.6 Å². The molecular formula is C10H14N2O5S. The standard InChI is InChI=1S/C10H14N2O5S/c1-7(13)9(11)10(14)12-18(15,16)17-8-5-3-2-4-6-8/h2-7,9,13H,11H2,1H3,(H,12,14)/t7-,9+/m1/s1. The molecule has 2 atom stereocenters. The molecule has 1 amide bonds. The summed E-state index contributed by atoms with van der Waals surface area (Å²) >= 11 is 0. The number of aliphatic hydroxyl groups excluding tert-OH is 1. The Hall–Kier alpha value is -1.64. The minimum Gasteiger partial charge on any atom is -0.391 e. The number of benzene rings is 1. The highest BCUT2D eigenvalue weighted by molar-refractivity contribution is 7.85. The first-order chi connectivity index (χ1) is 8.32. The van der Waals surface area contributed by atoms with Gasteiger partial charge >= 0.3 is 10.3 Å². The lowest BCUT2D eigenvalue weighted by Gasteiger charge is -2.14. The molecule has 0 aliphatic carbocycles. The number of rotatable bonds is 5. The Morgan fingerprint density at radius 2 is 1.94 bits per heavy atom. The number of nitrogens with two attached hydrogens (primary N) is 1. The Kier molecular flexibility index (Phi) is 4.65. The zero-order valence-corrected chi connectivity index (χ0v) is 10.4. The SMILES string of the molecule is C[C@@H](O)[C@H](N)C(=O)NS(=O)(=O)Oc1ccccc1. The summed E-state index contributed by atoms with van der Waals surface area (Å²) in [5.41, 5.74) is 5.28. The van der Waals surface area contributed by atoms with Gasteiger partial charge in [-0.05, 0) is 19.1 Å². The molecule has 0 aliphatic rings. The van der Waals surface area contributed by atoms with Crippen molar-refractivity contribution in [3.05, 3.63) is 30.3 Å². The summed E-state index contributed by atoms with van der Waals surface area (Å²) in [7, 11) is -4.30. The van der Waals surface area contributed by atoms with Gasteiger partial charge in [0.15, 0.2) is 0 Å². The average Bonchev–Trinajstić information content (AvgIpc) is 2.27. The third-order valence-corrected chi connectivity index (χ3v) is 2.86. The molecule has 1 rings (SSSR count). The molecule has 1 aromatic rings. The minimum atomic E-state index is -4.30. The van der Waals surface area contributed by atoms with Crippen molar-refractivity contribution in [2.75, 3.05) is 0 Å². The molecule has 18 heavy (non-hydrogen) atoms. The van der Waals surface area contributed by atoms with E-state index in [-0.39, 0.29) is 5.75 Å². The van der Waals surface area contributed by atoms with E-state index in [1.807, 2.05) is 0 Å². The van der Waals surface area contributed by atoms with E-state index in [9.17, 15) is 13.2 Å². The third-order valence-electron chi connectivity index (χ3n) is 2.00. The summed E-state index contributed by atoms with van der Waals surface area (Å²) in [5.74, 6) is -0.982. The molecule has 0 heterocycles. The Bertz CT molecular complexity index is 500. The molecule has 8 heteroatoms. The predicted octanol–water partition coefficient (Wildman–Crippen LogP) is -0.865. The number of amides is 1. The monoisotopic (exact) mass is 274 g/mol. The highest BCUT2D eigenvalue weighted by Crippen LogP contribution is 2.10. The van der Waals surface area contributed by atoms with E-state index in [0.29, 0.717) is 0 Å². The molecule has 0 saturated heterocycles. The number of para-hydroxylation sites is 1. The zero-order valence-electron chi connectivity index (χ0n) is 9.61. The molecule has 4 N–H and O–H groups in total. The lowest BCUT2D eigenvalue weighted by Crippen LogP contribution is -2.49. The minimum absolute atomic E-state index is 0.0587. The van der Waals surface area contributed by atoms with Gasteiger partial charge in [0.25, 0.3) is 5.91 Å². The smallest absolute Gasteiger partial charge is 0.391 e. The number of hydrogen-bond acceptors (Lipinski definition) is 6. The molecular weight excluding hydrogens is 260 g/mol. The van der Waals surface area contributed by atoms with Gasteiger partial charge in [-0.2, -0.15) is 8.42 Å². The molecule has 7 nitrogen and oxygen atoms in total. The van der Waals surface area contributed by atoms with Crippen LogP contribution in [0.1, 0.15) is 6.92 Å². The van der Waals surface area contributed by atoms with Crippen molar-refractivity contribution in [3.8, 4) is 5.75 Å². The van der Waals surface area contributed by atoms with E-state index in [1.54, 1.807) is 22.9 Å². The van der Waals surface area contributed by atoms with Gasteiger partial charge in [-0.1, -0.05) is 18.2 Å². The van der Waals surface area contributed by atoms with Crippen LogP contribution in [0.25, 0.3) is 0 Å². The van der Waals surface area contributed by atoms with Gasteiger partial charge in [-0.25, -0.2) is 4.72 Å². The van der Waals surface area contributed by atoms with Crippen LogP contribution in [0.3, 0.4) is 0 Å². The maximum Gasteiger partial charge on any atom is 0.409 e. The van der Waals surface area contributed by atoms with Gasteiger partial charge in [-0.3, -0.25) is 4.79 Å². The van der Waals surface area contributed by atoms with Crippen molar-refractivity contribution in [1.82, 2.24) is 4.72 Å². The first kappa shape index (κ1) is 14.4. The second-order valence-electron chi connectivity index (χ2n) is 3.58. The molecule has 100 valence electrons. The van der Waals surface area contributed by atoms with Crippen molar-refractivity contribution < 1.29 is 22.5 Å². The molecule has 1 aromatic carbocycles. The van der Waals surface area contributed by atoms with Crippen LogP contribution in [-0.4, -0.2) is 31.6 Å². The summed E-state index contributed by atoms with van der Waals surface area (Å²) in [6.07, 6.45) is -1.17. The second-order valence-corrected chi connectivity index (χ2v) is 4.86. The van der Waals surface area contributed by atoms with E-state index in [4.69, 9.17) is 10.8 Å². The predicted molar refractivity (Wildman–Crippen MR) is 63.8 cm³/mol. The number of aliphatic hydroxyl groups is 1. The average molecular weight is 274 g/mol. The second kappa shape index (κ2) is 5.80. The molecule has 0 unspecified atom stereocenters. The summed E-state index contributed by atoms with van der Waals surface area (Å²) < 4.78 is 29.1. The molecule has 0 aromatic heterocycles. The Labute approximate surface area is 105 Å². The van der Waals surface area contributed by atoms with E-state index < -0.39 is 28.4 Å². The third kappa shape index (κ3) is 4.32. The van der Waals surface area contributed by atoms with Gasteiger partial charge in [0.1, 0.15) is 11.8 Å². The first-order valence-electron chi connectivity index (χ1n) is 5.06. The van der Waals surface area contributed by atoms with E-state index in [1.165, 1.54) is 19.1 Å². The van der Waals surface area contributed by atoms with Crippen molar-refractivity contribution in [2.45, 2.75) is 19.1 Å². The molecule has 0 spiro atoms. The fourth-order valence-electron chi connectivity index (χ4n) is 1.03.